The summed E-state index contributed by atoms with van der Waals surface area (Å²) in [6.07, 6.45) is 1.77. The maximum atomic E-state index is 12.0. The van der Waals surface area contributed by atoms with Gasteiger partial charge in [-0.3, -0.25) is 14.9 Å². The van der Waals surface area contributed by atoms with Crippen molar-refractivity contribution in [3.63, 3.8) is 0 Å². The topological polar surface area (TPSA) is 110 Å². The molecule has 1 aromatic rings. The largest absolute Gasteiger partial charge is 0.480 e. The number of carbonyl (C=O) groups is 2. The Bertz CT molecular complexity index is 561. The number of aliphatic carboxylic acids is 1. The first-order chi connectivity index (χ1) is 9.86. The molecule has 0 spiro atoms. The third-order valence-corrected chi connectivity index (χ3v) is 3.17. The van der Waals surface area contributed by atoms with Gasteiger partial charge in [0, 0.05) is 12.1 Å². The van der Waals surface area contributed by atoms with E-state index >= 15 is 0 Å². The average molecular weight is 315 g/mol. The molecule has 1 atom stereocenters. The summed E-state index contributed by atoms with van der Waals surface area (Å²) in [6, 6.07) is 2.39. The van der Waals surface area contributed by atoms with Gasteiger partial charge in [0.2, 0.25) is 0 Å². The lowest BCUT2D eigenvalue weighted by molar-refractivity contribution is -0.384. The van der Waals surface area contributed by atoms with Crippen LogP contribution < -0.4 is 5.32 Å². The lowest BCUT2D eigenvalue weighted by atomic mass is 10.1. The summed E-state index contributed by atoms with van der Waals surface area (Å²) in [6.45, 7) is 1.91. The van der Waals surface area contributed by atoms with Crippen LogP contribution in [0.15, 0.2) is 18.2 Å². The summed E-state index contributed by atoms with van der Waals surface area (Å²) in [4.78, 5) is 33.0. The third-order valence-electron chi connectivity index (χ3n) is 2.86. The molecule has 0 unspecified atom stereocenters. The van der Waals surface area contributed by atoms with Gasteiger partial charge in [0.1, 0.15) is 6.04 Å². The number of non-ortho nitro benzene ring substituents is 1. The fraction of sp³-hybridized carbons (Fsp3) is 0.385. The Hall–Kier alpha value is -2.15. The molecular weight excluding hydrogens is 300 g/mol. The van der Waals surface area contributed by atoms with Crippen molar-refractivity contribution in [1.29, 1.82) is 0 Å². The molecule has 0 aliphatic rings. The van der Waals surface area contributed by atoms with Crippen LogP contribution in [0.3, 0.4) is 0 Å². The molecule has 0 saturated heterocycles. The quantitative estimate of drug-likeness (QED) is 0.594. The smallest absolute Gasteiger partial charge is 0.326 e. The Morgan fingerprint density at radius 1 is 1.48 bits per heavy atom. The Morgan fingerprint density at radius 3 is 2.62 bits per heavy atom. The van der Waals surface area contributed by atoms with Crippen molar-refractivity contribution < 1.29 is 19.6 Å². The van der Waals surface area contributed by atoms with E-state index in [4.69, 9.17) is 16.7 Å². The maximum absolute atomic E-state index is 12.0. The molecule has 2 N–H and O–H groups in total. The normalized spacial score (nSPS) is 11.7. The average Bonchev–Trinajstić information content (AvgIpc) is 2.42. The number of benzene rings is 1. The molecule has 1 amide bonds. The van der Waals surface area contributed by atoms with E-state index in [0.717, 1.165) is 18.6 Å². The maximum Gasteiger partial charge on any atom is 0.326 e. The van der Waals surface area contributed by atoms with Crippen molar-refractivity contribution in [3.05, 3.63) is 38.9 Å². The number of nitrogens with zero attached hydrogens (tertiary/aromatic N) is 1. The number of amides is 1. The number of carboxylic acids is 1. The number of nitrogens with one attached hydrogen (secondary N) is 1. The number of hydrogen-bond donors (Lipinski definition) is 2. The first-order valence-corrected chi connectivity index (χ1v) is 6.72. The minimum absolute atomic E-state index is 0.00464. The van der Waals surface area contributed by atoms with Gasteiger partial charge in [-0.1, -0.05) is 31.4 Å². The Kier molecular flexibility index (Phi) is 6.10. The Balaban J connectivity index is 2.87. The van der Waals surface area contributed by atoms with E-state index in [1.165, 1.54) is 6.07 Å². The number of nitro benzene ring substituents is 1. The number of nitro groups is 1. The van der Waals surface area contributed by atoms with Crippen LogP contribution in [-0.2, 0) is 4.79 Å². The van der Waals surface area contributed by atoms with Crippen molar-refractivity contribution >= 4 is 29.2 Å². The summed E-state index contributed by atoms with van der Waals surface area (Å²) in [5.74, 6) is -1.80. The number of rotatable bonds is 7. The summed E-state index contributed by atoms with van der Waals surface area (Å²) in [7, 11) is 0. The highest BCUT2D eigenvalue weighted by molar-refractivity contribution is 6.34. The van der Waals surface area contributed by atoms with Gasteiger partial charge >= 0.3 is 5.97 Å². The minimum Gasteiger partial charge on any atom is -0.480 e. The molecule has 0 aliphatic heterocycles. The lowest BCUT2D eigenvalue weighted by Gasteiger charge is -2.14. The molecule has 7 nitrogen and oxygen atoms in total. The molecule has 0 radical (unpaired) electrons. The van der Waals surface area contributed by atoms with Gasteiger partial charge in [-0.15, -0.1) is 0 Å². The SMILES string of the molecule is CCCC[C@H](NC(=O)c1ccc([N+](=O)[O-])cc1Cl)C(=O)O. The molecule has 0 saturated carbocycles. The summed E-state index contributed by atoms with van der Waals surface area (Å²) < 4.78 is 0. The van der Waals surface area contributed by atoms with Crippen molar-refractivity contribution in [2.45, 2.75) is 32.2 Å². The fourth-order valence-corrected chi connectivity index (χ4v) is 1.96. The minimum atomic E-state index is -1.13. The van der Waals surface area contributed by atoms with Crippen molar-refractivity contribution in [1.82, 2.24) is 5.32 Å². The first-order valence-electron chi connectivity index (χ1n) is 6.34. The van der Waals surface area contributed by atoms with Crippen LogP contribution in [0, 0.1) is 10.1 Å². The molecule has 21 heavy (non-hydrogen) atoms. The molecule has 1 aromatic carbocycles. The highest BCUT2D eigenvalue weighted by Crippen LogP contribution is 2.22. The second-order valence-corrected chi connectivity index (χ2v) is 4.83. The van der Waals surface area contributed by atoms with Crippen LogP contribution in [0.2, 0.25) is 5.02 Å². The molecule has 0 heterocycles. The number of carbonyl (C=O) groups excluding carboxylic acids is 1. The zero-order valence-electron chi connectivity index (χ0n) is 11.3. The van der Waals surface area contributed by atoms with E-state index in [-0.39, 0.29) is 16.3 Å². The van der Waals surface area contributed by atoms with Crippen LogP contribution >= 0.6 is 11.6 Å². The lowest BCUT2D eigenvalue weighted by Crippen LogP contribution is -2.40. The van der Waals surface area contributed by atoms with E-state index in [0.29, 0.717) is 12.8 Å². The van der Waals surface area contributed by atoms with E-state index in [1.54, 1.807) is 0 Å². The third kappa shape index (κ3) is 4.71. The van der Waals surface area contributed by atoms with Crippen LogP contribution in [0.1, 0.15) is 36.5 Å². The van der Waals surface area contributed by atoms with Crippen LogP contribution in [0.4, 0.5) is 5.69 Å². The molecular formula is C13H15ClN2O5. The highest BCUT2D eigenvalue weighted by atomic mass is 35.5. The van der Waals surface area contributed by atoms with Gasteiger partial charge in [0.15, 0.2) is 0 Å². The number of halogens is 1. The van der Waals surface area contributed by atoms with Crippen LogP contribution in [-0.4, -0.2) is 27.9 Å². The van der Waals surface area contributed by atoms with Gasteiger partial charge in [-0.2, -0.15) is 0 Å². The second kappa shape index (κ2) is 7.58. The molecule has 0 aliphatic carbocycles. The Morgan fingerprint density at radius 2 is 2.14 bits per heavy atom. The van der Waals surface area contributed by atoms with E-state index in [2.05, 4.69) is 5.32 Å². The zero-order valence-corrected chi connectivity index (χ0v) is 12.1. The van der Waals surface area contributed by atoms with Gasteiger partial charge < -0.3 is 10.4 Å². The van der Waals surface area contributed by atoms with Gasteiger partial charge in [0.25, 0.3) is 11.6 Å². The first kappa shape index (κ1) is 16.9. The fourth-order valence-electron chi connectivity index (χ4n) is 1.70. The molecule has 1 rings (SSSR count). The standard InChI is InChI=1S/C13H15ClN2O5/c1-2-3-4-11(13(18)19)15-12(17)9-6-5-8(16(20)21)7-10(9)14/h5-7,11H,2-4H2,1H3,(H,15,17)(H,18,19)/t11-/m0/s1. The monoisotopic (exact) mass is 314 g/mol. The second-order valence-electron chi connectivity index (χ2n) is 4.43. The molecule has 8 heteroatoms. The highest BCUT2D eigenvalue weighted by Gasteiger charge is 2.22. The number of unbranched alkanes of at least 4 members (excludes halogenated alkanes) is 1. The number of carboxylic acid groups (broad SMARTS) is 1. The van der Waals surface area contributed by atoms with Gasteiger partial charge in [0.05, 0.1) is 15.5 Å². The number of hydrogen-bond acceptors (Lipinski definition) is 4. The van der Waals surface area contributed by atoms with Crippen LogP contribution in [0.25, 0.3) is 0 Å². The van der Waals surface area contributed by atoms with Crippen LogP contribution in [0.5, 0.6) is 0 Å². The van der Waals surface area contributed by atoms with E-state index in [1.807, 2.05) is 6.92 Å². The van der Waals surface area contributed by atoms with Gasteiger partial charge in [-0.05, 0) is 12.5 Å². The Labute approximate surface area is 126 Å². The molecule has 114 valence electrons. The zero-order chi connectivity index (χ0) is 16.0. The van der Waals surface area contributed by atoms with Crippen molar-refractivity contribution in [2.75, 3.05) is 0 Å². The van der Waals surface area contributed by atoms with E-state index in [9.17, 15) is 19.7 Å². The predicted molar refractivity (Wildman–Crippen MR) is 76.5 cm³/mol. The molecule has 0 bridgehead atoms. The van der Waals surface area contributed by atoms with Gasteiger partial charge in [-0.25, -0.2) is 4.79 Å². The van der Waals surface area contributed by atoms with Crippen molar-refractivity contribution in [3.8, 4) is 0 Å². The van der Waals surface area contributed by atoms with Crippen molar-refractivity contribution in [2.24, 2.45) is 0 Å². The predicted octanol–water partition coefficient (Wildman–Crippen LogP) is 2.62. The molecule has 0 fully saturated rings. The van der Waals surface area contributed by atoms with E-state index < -0.39 is 22.8 Å². The summed E-state index contributed by atoms with van der Waals surface area (Å²) in [5.41, 5.74) is -0.234. The summed E-state index contributed by atoms with van der Waals surface area (Å²) >= 11 is 5.82. The molecule has 0 aromatic heterocycles. The summed E-state index contributed by atoms with van der Waals surface area (Å²) in [5, 5.41) is 21.9.